The summed E-state index contributed by atoms with van der Waals surface area (Å²) in [6.07, 6.45) is 6.78. The smallest absolute Gasteiger partial charge is 0.231 e. The van der Waals surface area contributed by atoms with Crippen molar-refractivity contribution in [3.05, 3.63) is 41.2 Å². The van der Waals surface area contributed by atoms with Crippen LogP contribution in [0.4, 0.5) is 0 Å². The van der Waals surface area contributed by atoms with E-state index in [1.165, 1.54) is 12.8 Å². The molecule has 28 heavy (non-hydrogen) atoms. The van der Waals surface area contributed by atoms with Crippen molar-refractivity contribution in [3.63, 3.8) is 0 Å². The van der Waals surface area contributed by atoms with Crippen molar-refractivity contribution in [3.8, 4) is 11.5 Å². The first-order chi connectivity index (χ1) is 13.6. The van der Waals surface area contributed by atoms with Crippen LogP contribution in [0, 0.1) is 12.8 Å². The fourth-order valence-electron chi connectivity index (χ4n) is 4.16. The summed E-state index contributed by atoms with van der Waals surface area (Å²) in [5.41, 5.74) is 3.08. The zero-order chi connectivity index (χ0) is 19.5. The minimum Gasteiger partial charge on any atom is -0.454 e. The number of carbonyl (C=O) groups is 1. The summed E-state index contributed by atoms with van der Waals surface area (Å²) in [6, 6.07) is 7.99. The number of aromatic nitrogens is 2. The zero-order valence-corrected chi connectivity index (χ0v) is 16.8. The van der Waals surface area contributed by atoms with Gasteiger partial charge in [0.15, 0.2) is 11.5 Å². The van der Waals surface area contributed by atoms with Crippen LogP contribution in [0.15, 0.2) is 24.3 Å². The molecule has 4 rings (SSSR count). The van der Waals surface area contributed by atoms with Gasteiger partial charge >= 0.3 is 0 Å². The van der Waals surface area contributed by atoms with Gasteiger partial charge in [-0.05, 0) is 43.5 Å². The van der Waals surface area contributed by atoms with Crippen LogP contribution in [-0.4, -0.2) is 27.4 Å². The Labute approximate surface area is 166 Å². The fourth-order valence-corrected chi connectivity index (χ4v) is 4.16. The summed E-state index contributed by atoms with van der Waals surface area (Å²) >= 11 is 0. The Kier molecular flexibility index (Phi) is 5.55. The maximum Gasteiger partial charge on any atom is 0.231 e. The molecule has 1 aliphatic heterocycles. The SMILES string of the molecule is Cc1cc(CN(Cc2ccc3c(c2)OCO3)C(=O)C2CCCCCC2)nn1C. The number of benzene rings is 1. The summed E-state index contributed by atoms with van der Waals surface area (Å²) in [7, 11) is 1.94. The number of aryl methyl sites for hydroxylation is 2. The summed E-state index contributed by atoms with van der Waals surface area (Å²) in [6.45, 7) is 3.38. The first-order valence-electron chi connectivity index (χ1n) is 10.3. The van der Waals surface area contributed by atoms with Gasteiger partial charge in [0.05, 0.1) is 12.2 Å². The van der Waals surface area contributed by atoms with E-state index in [0.717, 1.165) is 54.1 Å². The van der Waals surface area contributed by atoms with Crippen LogP contribution in [0.1, 0.15) is 55.5 Å². The molecular formula is C22H29N3O3. The Morgan fingerprint density at radius 1 is 1.11 bits per heavy atom. The topological polar surface area (TPSA) is 56.6 Å². The van der Waals surface area contributed by atoms with Crippen molar-refractivity contribution in [1.29, 1.82) is 0 Å². The van der Waals surface area contributed by atoms with Gasteiger partial charge in [0.25, 0.3) is 0 Å². The van der Waals surface area contributed by atoms with Gasteiger partial charge in [0.1, 0.15) is 0 Å². The molecule has 2 heterocycles. The molecule has 1 aliphatic carbocycles. The van der Waals surface area contributed by atoms with E-state index >= 15 is 0 Å². The molecule has 1 fully saturated rings. The molecule has 1 saturated carbocycles. The Bertz CT molecular complexity index is 818. The summed E-state index contributed by atoms with van der Waals surface area (Å²) in [5.74, 6) is 1.91. The quantitative estimate of drug-likeness (QED) is 0.734. The maximum absolute atomic E-state index is 13.4. The average Bonchev–Trinajstić information content (AvgIpc) is 3.15. The van der Waals surface area contributed by atoms with Gasteiger partial charge in [-0.15, -0.1) is 0 Å². The second-order valence-corrected chi connectivity index (χ2v) is 7.97. The standard InChI is InChI=1S/C22H29N3O3/c1-16-11-19(23-24(16)2)14-25(22(26)18-7-5-3-4-6-8-18)13-17-9-10-20-21(12-17)28-15-27-20/h9-12,18H,3-8,13-15H2,1-2H3. The van der Waals surface area contributed by atoms with E-state index in [0.29, 0.717) is 13.1 Å². The normalized spacial score (nSPS) is 16.8. The van der Waals surface area contributed by atoms with Crippen molar-refractivity contribution in [1.82, 2.24) is 14.7 Å². The van der Waals surface area contributed by atoms with Gasteiger partial charge in [0, 0.05) is 25.2 Å². The van der Waals surface area contributed by atoms with E-state index in [9.17, 15) is 4.79 Å². The third-order valence-corrected chi connectivity index (χ3v) is 5.84. The van der Waals surface area contributed by atoms with Crippen molar-refractivity contribution < 1.29 is 14.3 Å². The molecule has 2 aromatic rings. The van der Waals surface area contributed by atoms with Crippen LogP contribution in [0.2, 0.25) is 0 Å². The summed E-state index contributed by atoms with van der Waals surface area (Å²) < 4.78 is 12.8. The molecule has 0 radical (unpaired) electrons. The monoisotopic (exact) mass is 383 g/mol. The molecule has 1 aromatic heterocycles. The van der Waals surface area contributed by atoms with Gasteiger partial charge in [-0.1, -0.05) is 31.7 Å². The second kappa shape index (κ2) is 8.25. The molecule has 6 nitrogen and oxygen atoms in total. The minimum absolute atomic E-state index is 0.126. The molecule has 0 saturated heterocycles. The highest BCUT2D eigenvalue weighted by atomic mass is 16.7. The molecule has 0 atom stereocenters. The van der Waals surface area contributed by atoms with Gasteiger partial charge in [-0.3, -0.25) is 9.48 Å². The lowest BCUT2D eigenvalue weighted by Gasteiger charge is -2.26. The predicted octanol–water partition coefficient (Wildman–Crippen LogP) is 3.96. The van der Waals surface area contributed by atoms with E-state index in [4.69, 9.17) is 9.47 Å². The summed E-state index contributed by atoms with van der Waals surface area (Å²) in [5, 5.41) is 4.57. The molecule has 0 N–H and O–H groups in total. The lowest BCUT2D eigenvalue weighted by Crippen LogP contribution is -2.35. The highest BCUT2D eigenvalue weighted by Crippen LogP contribution is 2.33. The van der Waals surface area contributed by atoms with Crippen LogP contribution in [-0.2, 0) is 24.9 Å². The highest BCUT2D eigenvalue weighted by molar-refractivity contribution is 5.79. The lowest BCUT2D eigenvalue weighted by atomic mass is 9.98. The maximum atomic E-state index is 13.4. The molecule has 1 amide bonds. The van der Waals surface area contributed by atoms with Crippen molar-refractivity contribution in [2.24, 2.45) is 13.0 Å². The molecule has 0 bridgehead atoms. The van der Waals surface area contributed by atoms with Crippen LogP contribution in [0.5, 0.6) is 11.5 Å². The number of amides is 1. The van der Waals surface area contributed by atoms with Crippen molar-refractivity contribution in [2.75, 3.05) is 6.79 Å². The van der Waals surface area contributed by atoms with Crippen LogP contribution < -0.4 is 9.47 Å². The first-order valence-corrected chi connectivity index (χ1v) is 10.3. The molecular weight excluding hydrogens is 354 g/mol. The van der Waals surface area contributed by atoms with E-state index in [-0.39, 0.29) is 18.6 Å². The van der Waals surface area contributed by atoms with Gasteiger partial charge in [-0.2, -0.15) is 5.10 Å². The highest BCUT2D eigenvalue weighted by Gasteiger charge is 2.26. The lowest BCUT2D eigenvalue weighted by molar-refractivity contribution is -0.137. The van der Waals surface area contributed by atoms with Crippen LogP contribution in [0.25, 0.3) is 0 Å². The Morgan fingerprint density at radius 2 is 1.86 bits per heavy atom. The predicted molar refractivity (Wildman–Crippen MR) is 106 cm³/mol. The van der Waals surface area contributed by atoms with Gasteiger partial charge in [-0.25, -0.2) is 0 Å². The van der Waals surface area contributed by atoms with Crippen molar-refractivity contribution in [2.45, 2.75) is 58.5 Å². The second-order valence-electron chi connectivity index (χ2n) is 7.97. The number of hydrogen-bond acceptors (Lipinski definition) is 4. The number of nitrogens with zero attached hydrogens (tertiary/aromatic N) is 3. The number of ether oxygens (including phenoxy) is 2. The Balaban J connectivity index is 1.55. The van der Waals surface area contributed by atoms with E-state index in [2.05, 4.69) is 11.2 Å². The van der Waals surface area contributed by atoms with E-state index in [1.54, 1.807) is 0 Å². The van der Waals surface area contributed by atoms with E-state index < -0.39 is 0 Å². The van der Waals surface area contributed by atoms with E-state index in [1.807, 2.05) is 41.8 Å². The molecule has 6 heteroatoms. The third kappa shape index (κ3) is 4.16. The number of hydrogen-bond donors (Lipinski definition) is 0. The van der Waals surface area contributed by atoms with Crippen LogP contribution >= 0.6 is 0 Å². The summed E-state index contributed by atoms with van der Waals surface area (Å²) in [4.78, 5) is 15.4. The number of carbonyl (C=O) groups excluding carboxylic acids is 1. The van der Waals surface area contributed by atoms with Gasteiger partial charge in [0.2, 0.25) is 12.7 Å². The molecule has 1 aromatic carbocycles. The van der Waals surface area contributed by atoms with Crippen molar-refractivity contribution >= 4 is 5.91 Å². The largest absolute Gasteiger partial charge is 0.454 e. The number of fused-ring (bicyclic) bond motifs is 1. The fraction of sp³-hybridized carbons (Fsp3) is 0.545. The molecule has 0 spiro atoms. The molecule has 0 unspecified atom stereocenters. The zero-order valence-electron chi connectivity index (χ0n) is 16.8. The third-order valence-electron chi connectivity index (χ3n) is 5.84. The first kappa shape index (κ1) is 18.8. The minimum atomic E-state index is 0.126. The molecule has 150 valence electrons. The Morgan fingerprint density at radius 3 is 2.57 bits per heavy atom. The van der Waals surface area contributed by atoms with Crippen LogP contribution in [0.3, 0.4) is 0 Å². The average molecular weight is 383 g/mol. The Hall–Kier alpha value is -2.50. The number of rotatable bonds is 5. The van der Waals surface area contributed by atoms with Gasteiger partial charge < -0.3 is 14.4 Å². The molecule has 2 aliphatic rings.